The minimum atomic E-state index is -1.05. The van der Waals surface area contributed by atoms with Crippen LogP contribution < -0.4 is 4.74 Å². The predicted octanol–water partition coefficient (Wildman–Crippen LogP) is 5.03. The first-order valence-electron chi connectivity index (χ1n) is 15.4. The topological polar surface area (TPSA) is 123 Å². The zero-order valence-electron chi connectivity index (χ0n) is 26.6. The van der Waals surface area contributed by atoms with Gasteiger partial charge in [0.15, 0.2) is 22.6 Å². The van der Waals surface area contributed by atoms with Crippen molar-refractivity contribution in [2.24, 2.45) is 9.98 Å². The largest absolute Gasteiger partial charge is 0.457 e. The van der Waals surface area contributed by atoms with E-state index in [0.29, 0.717) is 40.8 Å². The van der Waals surface area contributed by atoms with Gasteiger partial charge in [0.2, 0.25) is 5.95 Å². The van der Waals surface area contributed by atoms with Crippen molar-refractivity contribution in [1.29, 1.82) is 0 Å². The fraction of sp³-hybridized carbons (Fsp3) is 0.286. The van der Waals surface area contributed by atoms with Gasteiger partial charge in [-0.15, -0.1) is 0 Å². The monoisotopic (exact) mass is 632 g/mol. The highest BCUT2D eigenvalue weighted by Crippen LogP contribution is 2.54. The van der Waals surface area contributed by atoms with Crippen LogP contribution in [0.25, 0.3) is 11.2 Å². The molecular formula is C35H36N8O4. The quantitative estimate of drug-likeness (QED) is 0.176. The fourth-order valence-electron chi connectivity index (χ4n) is 6.18. The van der Waals surface area contributed by atoms with E-state index in [2.05, 4.69) is 32.1 Å². The highest BCUT2D eigenvalue weighted by atomic mass is 16.6. The van der Waals surface area contributed by atoms with E-state index in [-0.39, 0.29) is 6.61 Å². The Morgan fingerprint density at radius 2 is 1.53 bits per heavy atom. The predicted molar refractivity (Wildman–Crippen MR) is 179 cm³/mol. The molecule has 0 aliphatic carbocycles. The Morgan fingerprint density at radius 1 is 0.894 bits per heavy atom. The fourth-order valence-corrected chi connectivity index (χ4v) is 6.18. The number of imidazole rings is 1. The van der Waals surface area contributed by atoms with Crippen LogP contribution in [0.15, 0.2) is 95.2 Å². The summed E-state index contributed by atoms with van der Waals surface area (Å²) >= 11 is 0. The van der Waals surface area contributed by atoms with Gasteiger partial charge in [-0.05, 0) is 17.7 Å². The van der Waals surface area contributed by atoms with E-state index in [1.807, 2.05) is 109 Å². The minimum absolute atomic E-state index is 0.262. The third-order valence-electron chi connectivity index (χ3n) is 8.16. The summed E-state index contributed by atoms with van der Waals surface area (Å²) in [6.45, 7) is -0.262. The number of fused-ring (bicyclic) bond motifs is 3. The second kappa shape index (κ2) is 12.6. The molecule has 2 aliphatic rings. The first kappa shape index (κ1) is 30.5. The summed E-state index contributed by atoms with van der Waals surface area (Å²) in [5, 5.41) is 10.7. The standard InChI is InChI=1S/C35H36N8O4/c1-41(2)21-38-32-31-33(37-20-36-32)43(34(40-31)39-22-42(3)4)30-18-28(29(19-44)46-30)47-35(23-12-6-5-7-13-23)24-14-8-10-16-26(24)45-27-17-11-9-15-25(27)35/h5-17,20-22,28-30,44H,18-19H2,1-4H3/t28-,29+,30+/m0/s1. The summed E-state index contributed by atoms with van der Waals surface area (Å²) in [5.41, 5.74) is 2.61. The molecule has 1 fully saturated rings. The number of ether oxygens (including phenoxy) is 3. The average molecular weight is 633 g/mol. The number of para-hydroxylation sites is 2. The summed E-state index contributed by atoms with van der Waals surface area (Å²) in [5.74, 6) is 2.19. The molecule has 1 N–H and O–H groups in total. The summed E-state index contributed by atoms with van der Waals surface area (Å²) in [7, 11) is 7.53. The van der Waals surface area contributed by atoms with Gasteiger partial charge >= 0.3 is 0 Å². The molecule has 47 heavy (non-hydrogen) atoms. The summed E-state index contributed by atoms with van der Waals surface area (Å²) < 4.78 is 22.1. The number of rotatable bonds is 9. The van der Waals surface area contributed by atoms with Crippen LogP contribution in [0, 0.1) is 0 Å². The Hall–Kier alpha value is -5.17. The number of nitrogens with zero attached hydrogens (tertiary/aromatic N) is 8. The average Bonchev–Trinajstić information content (AvgIpc) is 3.67. The third-order valence-corrected chi connectivity index (χ3v) is 8.16. The number of aliphatic hydroxyl groups excluding tert-OH is 1. The molecule has 12 nitrogen and oxygen atoms in total. The van der Waals surface area contributed by atoms with Crippen molar-refractivity contribution in [3.63, 3.8) is 0 Å². The molecule has 5 aromatic rings. The molecule has 7 rings (SSSR count). The van der Waals surface area contributed by atoms with E-state index in [0.717, 1.165) is 16.7 Å². The number of aliphatic hydroxyl groups is 1. The van der Waals surface area contributed by atoms with E-state index in [4.69, 9.17) is 19.2 Å². The highest BCUT2D eigenvalue weighted by Gasteiger charge is 2.50. The Labute approximate surface area is 272 Å². The molecule has 3 aromatic carbocycles. The van der Waals surface area contributed by atoms with Gasteiger partial charge in [-0.25, -0.2) is 24.9 Å². The maximum atomic E-state index is 10.7. The van der Waals surface area contributed by atoms with Crippen LogP contribution in [0.1, 0.15) is 29.3 Å². The van der Waals surface area contributed by atoms with Crippen LogP contribution in [0.2, 0.25) is 0 Å². The molecule has 240 valence electrons. The second-order valence-corrected chi connectivity index (χ2v) is 11.9. The van der Waals surface area contributed by atoms with Crippen LogP contribution in [0.3, 0.4) is 0 Å². The Kier molecular flexibility index (Phi) is 8.14. The van der Waals surface area contributed by atoms with Crippen molar-refractivity contribution < 1.29 is 19.3 Å². The molecule has 2 aromatic heterocycles. The van der Waals surface area contributed by atoms with Crippen LogP contribution >= 0.6 is 0 Å². The zero-order chi connectivity index (χ0) is 32.5. The van der Waals surface area contributed by atoms with Crippen molar-refractivity contribution in [2.75, 3.05) is 34.8 Å². The van der Waals surface area contributed by atoms with Crippen molar-refractivity contribution in [3.05, 3.63) is 102 Å². The molecule has 2 aliphatic heterocycles. The van der Waals surface area contributed by atoms with Crippen molar-refractivity contribution >= 4 is 35.6 Å². The van der Waals surface area contributed by atoms with Gasteiger partial charge in [0.1, 0.15) is 30.2 Å². The number of hydrogen-bond donors (Lipinski definition) is 1. The van der Waals surface area contributed by atoms with Gasteiger partial charge in [-0.1, -0.05) is 66.7 Å². The Bertz CT molecular complexity index is 1900. The van der Waals surface area contributed by atoms with Gasteiger partial charge in [-0.2, -0.15) is 0 Å². The van der Waals surface area contributed by atoms with E-state index >= 15 is 0 Å². The number of hydrogen-bond acceptors (Lipinski definition) is 9. The van der Waals surface area contributed by atoms with Crippen molar-refractivity contribution in [2.45, 2.75) is 30.5 Å². The van der Waals surface area contributed by atoms with Gasteiger partial charge in [-0.3, -0.25) is 4.57 Å². The third kappa shape index (κ3) is 5.50. The van der Waals surface area contributed by atoms with Crippen molar-refractivity contribution in [1.82, 2.24) is 29.3 Å². The maximum Gasteiger partial charge on any atom is 0.235 e. The zero-order valence-corrected chi connectivity index (χ0v) is 26.6. The van der Waals surface area contributed by atoms with Crippen LogP contribution in [0.4, 0.5) is 11.8 Å². The molecule has 0 radical (unpaired) electrons. The van der Waals surface area contributed by atoms with E-state index in [1.165, 1.54) is 6.33 Å². The molecule has 0 spiro atoms. The lowest BCUT2D eigenvalue weighted by Crippen LogP contribution is -2.42. The highest BCUT2D eigenvalue weighted by molar-refractivity contribution is 5.85. The molecule has 12 heteroatoms. The molecule has 4 heterocycles. The molecular weight excluding hydrogens is 596 g/mol. The minimum Gasteiger partial charge on any atom is -0.457 e. The maximum absolute atomic E-state index is 10.7. The lowest BCUT2D eigenvalue weighted by Gasteiger charge is -2.42. The van der Waals surface area contributed by atoms with Gasteiger partial charge in [0.25, 0.3) is 0 Å². The Balaban J connectivity index is 1.35. The molecule has 0 amide bonds. The van der Waals surface area contributed by atoms with E-state index in [9.17, 15) is 5.11 Å². The lowest BCUT2D eigenvalue weighted by molar-refractivity contribution is -0.101. The van der Waals surface area contributed by atoms with Crippen LogP contribution in [-0.4, -0.2) is 94.1 Å². The van der Waals surface area contributed by atoms with Gasteiger partial charge in [0, 0.05) is 45.7 Å². The lowest BCUT2D eigenvalue weighted by atomic mass is 9.77. The molecule has 3 atom stereocenters. The molecule has 1 saturated heterocycles. The smallest absolute Gasteiger partial charge is 0.235 e. The van der Waals surface area contributed by atoms with Gasteiger partial charge < -0.3 is 29.1 Å². The number of aliphatic imine (C=N–C) groups is 2. The molecule has 0 unspecified atom stereocenters. The summed E-state index contributed by atoms with van der Waals surface area (Å²) in [6.07, 6.45) is 3.32. The SMILES string of the molecule is CN(C)C=Nc1ncnc2c1nc(N=CN(C)C)n2[C@H]1C[C@H](OC2(c3ccccc3)c3ccccc3Oc3ccccc32)[C@@H](CO)O1. The molecule has 0 saturated carbocycles. The van der Waals surface area contributed by atoms with E-state index in [1.54, 1.807) is 12.7 Å². The van der Waals surface area contributed by atoms with Crippen LogP contribution in [0.5, 0.6) is 11.5 Å². The second-order valence-electron chi connectivity index (χ2n) is 11.9. The van der Waals surface area contributed by atoms with Crippen molar-refractivity contribution in [3.8, 4) is 11.5 Å². The van der Waals surface area contributed by atoms with Crippen LogP contribution in [-0.2, 0) is 15.1 Å². The van der Waals surface area contributed by atoms with Gasteiger partial charge in [0.05, 0.1) is 25.4 Å². The normalized spacial score (nSPS) is 20.0. The first-order chi connectivity index (χ1) is 22.9. The van der Waals surface area contributed by atoms with E-state index < -0.39 is 24.0 Å². The summed E-state index contributed by atoms with van der Waals surface area (Å²) in [6, 6.07) is 25.9. The Morgan fingerprint density at radius 3 is 2.19 bits per heavy atom. The summed E-state index contributed by atoms with van der Waals surface area (Å²) in [4.78, 5) is 26.6. The first-order valence-corrected chi connectivity index (χ1v) is 15.4. The number of aromatic nitrogens is 4. The molecule has 0 bridgehead atoms. The number of benzene rings is 3.